The fourth-order valence-corrected chi connectivity index (χ4v) is 3.84. The first-order valence-electron chi connectivity index (χ1n) is 9.01. The van der Waals surface area contributed by atoms with Crippen LogP contribution in [0, 0.1) is 6.92 Å². The zero-order chi connectivity index (χ0) is 20.4. The van der Waals surface area contributed by atoms with Crippen molar-refractivity contribution in [2.24, 2.45) is 0 Å². The van der Waals surface area contributed by atoms with E-state index in [4.69, 9.17) is 9.47 Å². The number of nitrogens with zero attached hydrogens (tertiary/aromatic N) is 1. The van der Waals surface area contributed by atoms with Gasteiger partial charge in [0.1, 0.15) is 19.8 Å². The highest BCUT2D eigenvalue weighted by atomic mass is 32.2. The number of carbonyl (C=O) groups is 3. The van der Waals surface area contributed by atoms with E-state index in [9.17, 15) is 14.4 Å². The molecule has 1 saturated heterocycles. The summed E-state index contributed by atoms with van der Waals surface area (Å²) in [5.74, 6) is 0.323. The van der Waals surface area contributed by atoms with Crippen LogP contribution in [0.4, 0.5) is 10.5 Å². The minimum Gasteiger partial charge on any atom is -0.486 e. The Hall–Kier alpha value is -3.26. The van der Waals surface area contributed by atoms with Crippen LogP contribution >= 0.6 is 11.8 Å². The van der Waals surface area contributed by atoms with Crippen LogP contribution in [0.1, 0.15) is 11.1 Å². The maximum Gasteiger partial charge on any atom is 0.294 e. The zero-order valence-corrected chi connectivity index (χ0v) is 16.5. The van der Waals surface area contributed by atoms with Crippen molar-refractivity contribution >= 4 is 40.6 Å². The Balaban J connectivity index is 1.45. The topological polar surface area (TPSA) is 84.9 Å². The third kappa shape index (κ3) is 4.27. The van der Waals surface area contributed by atoms with Gasteiger partial charge in [-0.2, -0.15) is 0 Å². The Morgan fingerprint density at radius 3 is 2.72 bits per heavy atom. The Kier molecular flexibility index (Phi) is 5.26. The van der Waals surface area contributed by atoms with Crippen molar-refractivity contribution in [3.63, 3.8) is 0 Å². The van der Waals surface area contributed by atoms with Crippen LogP contribution in [0.15, 0.2) is 47.4 Å². The molecule has 0 unspecified atom stereocenters. The van der Waals surface area contributed by atoms with E-state index in [2.05, 4.69) is 5.32 Å². The zero-order valence-electron chi connectivity index (χ0n) is 15.6. The molecular weight excluding hydrogens is 392 g/mol. The number of nitrogens with one attached hydrogen (secondary N) is 1. The second kappa shape index (κ2) is 8.00. The number of ether oxygens (including phenoxy) is 2. The average molecular weight is 410 g/mol. The highest BCUT2D eigenvalue weighted by molar-refractivity contribution is 8.18. The summed E-state index contributed by atoms with van der Waals surface area (Å²) >= 11 is 0.811. The summed E-state index contributed by atoms with van der Waals surface area (Å²) in [7, 11) is 0. The number of amides is 3. The van der Waals surface area contributed by atoms with E-state index in [-0.39, 0.29) is 11.4 Å². The Morgan fingerprint density at radius 1 is 1.14 bits per heavy atom. The molecule has 2 heterocycles. The lowest BCUT2D eigenvalue weighted by molar-refractivity contribution is -0.127. The van der Waals surface area contributed by atoms with Gasteiger partial charge < -0.3 is 14.8 Å². The van der Waals surface area contributed by atoms with Gasteiger partial charge in [-0.05, 0) is 60.2 Å². The summed E-state index contributed by atoms with van der Waals surface area (Å²) in [5, 5.41) is 2.23. The van der Waals surface area contributed by atoms with Gasteiger partial charge in [0, 0.05) is 5.69 Å². The first kappa shape index (κ1) is 19.1. The number of hydrogen-bond acceptors (Lipinski definition) is 6. The fraction of sp³-hybridized carbons (Fsp3) is 0.190. The largest absolute Gasteiger partial charge is 0.486 e. The van der Waals surface area contributed by atoms with Crippen molar-refractivity contribution in [1.29, 1.82) is 0 Å². The summed E-state index contributed by atoms with van der Waals surface area (Å²) in [5.41, 5.74) is 2.33. The van der Waals surface area contributed by atoms with Gasteiger partial charge in [-0.25, -0.2) is 0 Å². The monoisotopic (exact) mass is 410 g/mol. The third-order valence-corrected chi connectivity index (χ3v) is 5.25. The molecule has 0 radical (unpaired) electrons. The van der Waals surface area contributed by atoms with E-state index in [1.54, 1.807) is 30.3 Å². The lowest BCUT2D eigenvalue weighted by Crippen LogP contribution is -2.36. The van der Waals surface area contributed by atoms with E-state index < -0.39 is 17.1 Å². The summed E-state index contributed by atoms with van der Waals surface area (Å²) < 4.78 is 11.0. The van der Waals surface area contributed by atoms with Gasteiger partial charge in [0.05, 0.1) is 4.91 Å². The summed E-state index contributed by atoms with van der Waals surface area (Å²) in [6.07, 6.45) is 1.61. The van der Waals surface area contributed by atoms with E-state index >= 15 is 0 Å². The molecule has 2 aromatic carbocycles. The summed E-state index contributed by atoms with van der Waals surface area (Å²) in [4.78, 5) is 38.4. The molecule has 2 aliphatic rings. The van der Waals surface area contributed by atoms with E-state index in [1.807, 2.05) is 25.1 Å². The molecule has 3 amide bonds. The third-order valence-electron chi connectivity index (χ3n) is 4.34. The van der Waals surface area contributed by atoms with E-state index in [0.29, 0.717) is 36.0 Å². The molecule has 0 saturated carbocycles. The number of carbonyl (C=O) groups excluding carboxylic acids is 3. The normalized spacial score (nSPS) is 17.0. The summed E-state index contributed by atoms with van der Waals surface area (Å²) in [6, 6.07) is 12.6. The lowest BCUT2D eigenvalue weighted by atomic mass is 10.1. The predicted octanol–water partition coefficient (Wildman–Crippen LogP) is 3.44. The minimum atomic E-state index is -0.491. The second-order valence-corrected chi connectivity index (χ2v) is 7.58. The molecule has 4 rings (SSSR count). The Labute approximate surface area is 171 Å². The lowest BCUT2D eigenvalue weighted by Gasteiger charge is -2.18. The standard InChI is InChI=1S/C21H18N2O5S/c1-13-3-2-4-15(9-13)22-19(24)12-23-20(25)18(29-21(23)26)11-14-5-6-16-17(10-14)28-8-7-27-16/h2-6,9-11H,7-8,12H2,1H3,(H,22,24)/b18-11-. The molecule has 148 valence electrons. The van der Waals surface area contributed by atoms with Crippen molar-refractivity contribution in [3.8, 4) is 11.5 Å². The van der Waals surface area contributed by atoms with Crippen molar-refractivity contribution in [1.82, 2.24) is 4.90 Å². The molecule has 2 aromatic rings. The first-order valence-corrected chi connectivity index (χ1v) is 9.83. The molecule has 7 nitrogen and oxygen atoms in total. The highest BCUT2D eigenvalue weighted by Gasteiger charge is 2.36. The summed E-state index contributed by atoms with van der Waals surface area (Å²) in [6.45, 7) is 2.53. The van der Waals surface area contributed by atoms with Gasteiger partial charge in [0.2, 0.25) is 5.91 Å². The second-order valence-electron chi connectivity index (χ2n) is 6.59. The van der Waals surface area contributed by atoms with Gasteiger partial charge in [0.25, 0.3) is 11.1 Å². The molecule has 0 atom stereocenters. The number of rotatable bonds is 4. The van der Waals surface area contributed by atoms with Crippen LogP contribution in [0.5, 0.6) is 11.5 Å². The minimum absolute atomic E-state index is 0.259. The SMILES string of the molecule is Cc1cccc(NC(=O)CN2C(=O)S/C(=C\c3ccc4c(c3)OCCO4)C2=O)c1. The molecule has 8 heteroatoms. The van der Waals surface area contributed by atoms with Crippen LogP contribution in [-0.2, 0) is 9.59 Å². The van der Waals surface area contributed by atoms with Crippen LogP contribution in [0.25, 0.3) is 6.08 Å². The number of benzene rings is 2. The molecular formula is C21H18N2O5S. The number of aryl methyl sites for hydroxylation is 1. The molecule has 1 N–H and O–H groups in total. The van der Waals surface area contributed by atoms with Crippen molar-refractivity contribution in [2.75, 3.05) is 25.1 Å². The first-order chi connectivity index (χ1) is 14.0. The number of anilines is 1. The number of thioether (sulfide) groups is 1. The quantitative estimate of drug-likeness (QED) is 0.778. The average Bonchev–Trinajstić information content (AvgIpc) is 2.95. The molecule has 0 spiro atoms. The maximum absolute atomic E-state index is 12.6. The van der Waals surface area contributed by atoms with Gasteiger partial charge in [-0.3, -0.25) is 19.3 Å². The predicted molar refractivity (Wildman–Crippen MR) is 110 cm³/mol. The Bertz CT molecular complexity index is 1030. The van der Waals surface area contributed by atoms with Crippen LogP contribution in [0.3, 0.4) is 0 Å². The molecule has 29 heavy (non-hydrogen) atoms. The van der Waals surface area contributed by atoms with Gasteiger partial charge >= 0.3 is 0 Å². The van der Waals surface area contributed by atoms with Crippen LogP contribution < -0.4 is 14.8 Å². The molecule has 2 aliphatic heterocycles. The highest BCUT2D eigenvalue weighted by Crippen LogP contribution is 2.35. The van der Waals surface area contributed by atoms with Gasteiger partial charge in [0.15, 0.2) is 11.5 Å². The van der Waals surface area contributed by atoms with Crippen LogP contribution in [-0.4, -0.2) is 41.7 Å². The number of imide groups is 1. The number of fused-ring (bicyclic) bond motifs is 1. The van der Waals surface area contributed by atoms with Crippen molar-refractivity contribution < 1.29 is 23.9 Å². The molecule has 0 bridgehead atoms. The number of hydrogen-bond donors (Lipinski definition) is 1. The maximum atomic E-state index is 12.6. The molecule has 0 aromatic heterocycles. The van der Waals surface area contributed by atoms with Crippen molar-refractivity contribution in [2.45, 2.75) is 6.92 Å². The van der Waals surface area contributed by atoms with Gasteiger partial charge in [-0.15, -0.1) is 0 Å². The fourth-order valence-electron chi connectivity index (χ4n) is 3.00. The molecule has 0 aliphatic carbocycles. The van der Waals surface area contributed by atoms with E-state index in [1.165, 1.54) is 0 Å². The smallest absolute Gasteiger partial charge is 0.294 e. The van der Waals surface area contributed by atoms with Crippen LogP contribution in [0.2, 0.25) is 0 Å². The molecule has 1 fully saturated rings. The Morgan fingerprint density at radius 2 is 1.93 bits per heavy atom. The van der Waals surface area contributed by atoms with E-state index in [0.717, 1.165) is 22.2 Å². The van der Waals surface area contributed by atoms with Gasteiger partial charge in [-0.1, -0.05) is 18.2 Å². The van der Waals surface area contributed by atoms with Crippen molar-refractivity contribution in [3.05, 3.63) is 58.5 Å².